The molecule has 0 radical (unpaired) electrons. The van der Waals surface area contributed by atoms with Crippen molar-refractivity contribution >= 4 is 19.9 Å². The SMILES string of the molecule is CCN([C@]1(C)CCS(=O)(=O)C1)S(=O)(=O)c1cc(OC)ccc1OC. The fourth-order valence-electron chi connectivity index (χ4n) is 3.14. The highest BCUT2D eigenvalue weighted by Gasteiger charge is 2.47. The van der Waals surface area contributed by atoms with Gasteiger partial charge in [0.1, 0.15) is 16.4 Å². The lowest BCUT2D eigenvalue weighted by Crippen LogP contribution is -2.50. The fraction of sp³-hybridized carbons (Fsp3) is 0.600. The Morgan fingerprint density at radius 2 is 1.92 bits per heavy atom. The summed E-state index contributed by atoms with van der Waals surface area (Å²) in [7, 11) is -4.36. The second-order valence-corrected chi connectivity index (χ2v) is 10.0. The van der Waals surface area contributed by atoms with E-state index in [2.05, 4.69) is 0 Å². The highest BCUT2D eigenvalue weighted by molar-refractivity contribution is 7.92. The average molecular weight is 377 g/mol. The predicted molar refractivity (Wildman–Crippen MR) is 90.8 cm³/mol. The molecule has 1 aromatic carbocycles. The van der Waals surface area contributed by atoms with Crippen LogP contribution < -0.4 is 9.47 Å². The van der Waals surface area contributed by atoms with Gasteiger partial charge in [0, 0.05) is 18.2 Å². The largest absolute Gasteiger partial charge is 0.497 e. The van der Waals surface area contributed by atoms with Gasteiger partial charge in [-0.05, 0) is 25.5 Å². The van der Waals surface area contributed by atoms with Gasteiger partial charge in [0.15, 0.2) is 9.84 Å². The highest BCUT2D eigenvalue weighted by Crippen LogP contribution is 2.37. The van der Waals surface area contributed by atoms with Crippen LogP contribution in [0, 0.1) is 0 Å². The van der Waals surface area contributed by atoms with Gasteiger partial charge in [-0.3, -0.25) is 0 Å². The third-order valence-electron chi connectivity index (χ3n) is 4.31. The van der Waals surface area contributed by atoms with Crippen LogP contribution in [-0.4, -0.2) is 58.9 Å². The molecule has 1 aliphatic heterocycles. The Kier molecular flexibility index (Phi) is 5.17. The van der Waals surface area contributed by atoms with Gasteiger partial charge >= 0.3 is 0 Å². The molecule has 0 unspecified atom stereocenters. The van der Waals surface area contributed by atoms with Crippen molar-refractivity contribution in [3.8, 4) is 11.5 Å². The van der Waals surface area contributed by atoms with Crippen molar-refractivity contribution < 1.29 is 26.3 Å². The first-order chi connectivity index (χ1) is 11.1. The van der Waals surface area contributed by atoms with Crippen LogP contribution in [-0.2, 0) is 19.9 Å². The van der Waals surface area contributed by atoms with E-state index in [0.29, 0.717) is 5.75 Å². The number of hydrogen-bond donors (Lipinski definition) is 0. The fourth-order valence-corrected chi connectivity index (χ4v) is 7.34. The average Bonchev–Trinajstić information content (AvgIpc) is 2.80. The van der Waals surface area contributed by atoms with Crippen LogP contribution >= 0.6 is 0 Å². The zero-order chi connectivity index (χ0) is 18.2. The summed E-state index contributed by atoms with van der Waals surface area (Å²) in [5.41, 5.74) is -0.972. The highest BCUT2D eigenvalue weighted by atomic mass is 32.2. The molecule has 1 heterocycles. The number of rotatable bonds is 6. The minimum atomic E-state index is -3.95. The van der Waals surface area contributed by atoms with E-state index in [-0.39, 0.29) is 35.1 Å². The van der Waals surface area contributed by atoms with Gasteiger partial charge in [-0.15, -0.1) is 0 Å². The Morgan fingerprint density at radius 3 is 2.38 bits per heavy atom. The summed E-state index contributed by atoms with van der Waals surface area (Å²) < 4.78 is 61.7. The molecule has 1 saturated heterocycles. The minimum absolute atomic E-state index is 0.00916. The number of hydrogen-bond acceptors (Lipinski definition) is 6. The van der Waals surface area contributed by atoms with Crippen LogP contribution in [0.3, 0.4) is 0 Å². The molecule has 0 saturated carbocycles. The Hall–Kier alpha value is -1.32. The van der Waals surface area contributed by atoms with Crippen molar-refractivity contribution in [1.29, 1.82) is 0 Å². The number of benzene rings is 1. The van der Waals surface area contributed by atoms with Gasteiger partial charge in [-0.2, -0.15) is 4.31 Å². The molecule has 0 aliphatic carbocycles. The van der Waals surface area contributed by atoms with Gasteiger partial charge in [0.05, 0.1) is 25.7 Å². The zero-order valence-electron chi connectivity index (χ0n) is 14.3. The summed E-state index contributed by atoms with van der Waals surface area (Å²) in [4.78, 5) is -0.0308. The molecule has 0 bridgehead atoms. The second kappa shape index (κ2) is 6.53. The monoisotopic (exact) mass is 377 g/mol. The molecule has 136 valence electrons. The Bertz CT molecular complexity index is 818. The van der Waals surface area contributed by atoms with Crippen LogP contribution in [0.15, 0.2) is 23.1 Å². The topological polar surface area (TPSA) is 90.0 Å². The van der Waals surface area contributed by atoms with E-state index in [0.717, 1.165) is 0 Å². The molecule has 2 rings (SSSR count). The predicted octanol–water partition coefficient (Wildman–Crippen LogP) is 1.29. The maximum atomic E-state index is 13.2. The summed E-state index contributed by atoms with van der Waals surface area (Å²) in [5, 5.41) is 0. The van der Waals surface area contributed by atoms with Gasteiger partial charge in [0.2, 0.25) is 10.0 Å². The lowest BCUT2D eigenvalue weighted by atomic mass is 10.0. The standard InChI is InChI=1S/C15H23NO6S2/c1-5-16(15(2)8-9-23(17,18)11-15)24(19,20)14-10-12(21-3)6-7-13(14)22-4/h6-7,10H,5,8-9,11H2,1-4H3/t15-/m1/s1. The first-order valence-corrected chi connectivity index (χ1v) is 10.8. The van der Waals surface area contributed by atoms with Crippen molar-refractivity contribution in [3.63, 3.8) is 0 Å². The van der Waals surface area contributed by atoms with E-state index >= 15 is 0 Å². The smallest absolute Gasteiger partial charge is 0.247 e. The van der Waals surface area contributed by atoms with Gasteiger partial charge in [-0.1, -0.05) is 6.92 Å². The number of sulfonamides is 1. The van der Waals surface area contributed by atoms with Crippen molar-refractivity contribution in [2.45, 2.75) is 30.7 Å². The number of methoxy groups -OCH3 is 2. The quantitative estimate of drug-likeness (QED) is 0.742. The molecular weight excluding hydrogens is 354 g/mol. The minimum Gasteiger partial charge on any atom is -0.497 e. The van der Waals surface area contributed by atoms with E-state index in [1.807, 2.05) is 0 Å². The molecule has 1 aliphatic rings. The van der Waals surface area contributed by atoms with Crippen molar-refractivity contribution in [2.75, 3.05) is 32.3 Å². The lowest BCUT2D eigenvalue weighted by molar-refractivity contribution is 0.242. The van der Waals surface area contributed by atoms with E-state index < -0.39 is 25.4 Å². The molecule has 1 fully saturated rings. The molecule has 0 amide bonds. The molecule has 24 heavy (non-hydrogen) atoms. The summed E-state index contributed by atoms with van der Waals surface area (Å²) >= 11 is 0. The molecule has 1 atom stereocenters. The maximum absolute atomic E-state index is 13.2. The Balaban J connectivity index is 2.56. The van der Waals surface area contributed by atoms with E-state index in [1.165, 1.54) is 30.7 Å². The Morgan fingerprint density at radius 1 is 1.25 bits per heavy atom. The summed E-state index contributed by atoms with van der Waals surface area (Å²) in [6, 6.07) is 4.52. The van der Waals surface area contributed by atoms with E-state index in [4.69, 9.17) is 9.47 Å². The second-order valence-electron chi connectivity index (χ2n) is 6.03. The molecule has 0 N–H and O–H groups in total. The van der Waals surface area contributed by atoms with Crippen molar-refractivity contribution in [1.82, 2.24) is 4.31 Å². The molecule has 7 nitrogen and oxygen atoms in total. The molecule has 0 aromatic heterocycles. The van der Waals surface area contributed by atoms with Crippen molar-refractivity contribution in [2.24, 2.45) is 0 Å². The van der Waals surface area contributed by atoms with Crippen LogP contribution in [0.4, 0.5) is 0 Å². The van der Waals surface area contributed by atoms with Crippen LogP contribution in [0.1, 0.15) is 20.3 Å². The first-order valence-electron chi connectivity index (χ1n) is 7.55. The lowest BCUT2D eigenvalue weighted by Gasteiger charge is -2.35. The zero-order valence-corrected chi connectivity index (χ0v) is 15.9. The van der Waals surface area contributed by atoms with Gasteiger partial charge in [0.25, 0.3) is 0 Å². The molecule has 9 heteroatoms. The van der Waals surface area contributed by atoms with E-state index in [9.17, 15) is 16.8 Å². The van der Waals surface area contributed by atoms with Crippen LogP contribution in [0.2, 0.25) is 0 Å². The van der Waals surface area contributed by atoms with Crippen LogP contribution in [0.25, 0.3) is 0 Å². The number of sulfone groups is 1. The van der Waals surface area contributed by atoms with E-state index in [1.54, 1.807) is 19.9 Å². The van der Waals surface area contributed by atoms with Gasteiger partial charge < -0.3 is 9.47 Å². The molecule has 1 aromatic rings. The third kappa shape index (κ3) is 3.38. The third-order valence-corrected chi connectivity index (χ3v) is 8.35. The summed E-state index contributed by atoms with van der Waals surface area (Å²) in [5.74, 6) is 0.387. The first kappa shape index (κ1) is 19.0. The maximum Gasteiger partial charge on any atom is 0.247 e. The number of ether oxygens (including phenoxy) is 2. The summed E-state index contributed by atoms with van der Waals surface area (Å²) in [6.07, 6.45) is 0.273. The van der Waals surface area contributed by atoms with Crippen LogP contribution in [0.5, 0.6) is 11.5 Å². The molecule has 0 spiro atoms. The normalized spacial score (nSPS) is 23.4. The number of nitrogens with zero attached hydrogens (tertiary/aromatic N) is 1. The molecular formula is C15H23NO6S2. The Labute approximate surface area is 143 Å². The summed E-state index contributed by atoms with van der Waals surface area (Å²) in [6.45, 7) is 3.53. The van der Waals surface area contributed by atoms with Crippen molar-refractivity contribution in [3.05, 3.63) is 18.2 Å². The van der Waals surface area contributed by atoms with Gasteiger partial charge in [-0.25, -0.2) is 16.8 Å².